The number of hydrogen-bond donors (Lipinski definition) is 2. The molecule has 8 heteroatoms. The quantitative estimate of drug-likeness (QED) is 0.532. The van der Waals surface area contributed by atoms with Crippen molar-refractivity contribution in [1.29, 1.82) is 0 Å². The van der Waals surface area contributed by atoms with Crippen LogP contribution in [-0.4, -0.2) is 36.6 Å². The van der Waals surface area contributed by atoms with Crippen LogP contribution in [0.25, 0.3) is 16.9 Å². The minimum Gasteiger partial charge on any atom is -0.367 e. The number of fused-ring (bicyclic) bond motifs is 1. The molecule has 1 saturated carbocycles. The maximum Gasteiger partial charge on any atom is 0.255 e. The Hall–Kier alpha value is -3.81. The molecule has 0 saturated heterocycles. The molecular formula is C22H21N7O. The van der Waals surface area contributed by atoms with Crippen LogP contribution in [0, 0.1) is 0 Å². The van der Waals surface area contributed by atoms with Gasteiger partial charge in [0.2, 0.25) is 0 Å². The van der Waals surface area contributed by atoms with Gasteiger partial charge in [-0.25, -0.2) is 19.9 Å². The van der Waals surface area contributed by atoms with Crippen molar-refractivity contribution in [3.8, 4) is 5.69 Å². The lowest BCUT2D eigenvalue weighted by atomic mass is 10.2. The molecule has 0 aromatic carbocycles. The van der Waals surface area contributed by atoms with Crippen LogP contribution in [0.1, 0.15) is 19.3 Å². The summed E-state index contributed by atoms with van der Waals surface area (Å²) in [7, 11) is 0. The van der Waals surface area contributed by atoms with Crippen molar-refractivity contribution in [1.82, 2.24) is 24.5 Å². The molecule has 0 aliphatic heterocycles. The second-order valence-corrected chi connectivity index (χ2v) is 7.41. The van der Waals surface area contributed by atoms with Gasteiger partial charge in [-0.1, -0.05) is 6.07 Å². The molecule has 2 atom stereocenters. The molecule has 0 unspecified atom stereocenters. The molecule has 150 valence electrons. The number of nitrogens with one attached hydrogen (secondary N) is 2. The zero-order chi connectivity index (χ0) is 20.3. The second kappa shape index (κ2) is 7.90. The van der Waals surface area contributed by atoms with Crippen LogP contribution in [0.4, 0.5) is 11.6 Å². The van der Waals surface area contributed by atoms with Gasteiger partial charge in [-0.2, -0.15) is 0 Å². The lowest BCUT2D eigenvalue weighted by molar-refractivity contribution is 0.720. The first-order valence-electron chi connectivity index (χ1n) is 9.99. The Morgan fingerprint density at radius 1 is 0.867 bits per heavy atom. The lowest BCUT2D eigenvalue weighted by Gasteiger charge is -2.16. The first kappa shape index (κ1) is 18.2. The van der Waals surface area contributed by atoms with Crippen molar-refractivity contribution < 1.29 is 0 Å². The summed E-state index contributed by atoms with van der Waals surface area (Å²) < 4.78 is 1.58. The zero-order valence-corrected chi connectivity index (χ0v) is 16.3. The molecule has 0 bridgehead atoms. The van der Waals surface area contributed by atoms with Crippen molar-refractivity contribution in [3.05, 3.63) is 77.6 Å². The Morgan fingerprint density at radius 2 is 1.73 bits per heavy atom. The van der Waals surface area contributed by atoms with Gasteiger partial charge in [0, 0.05) is 30.5 Å². The number of nitrogens with zero attached hydrogens (tertiary/aromatic N) is 5. The Labute approximate surface area is 173 Å². The number of pyridine rings is 3. The molecule has 30 heavy (non-hydrogen) atoms. The summed E-state index contributed by atoms with van der Waals surface area (Å²) in [4.78, 5) is 29.6. The first-order chi connectivity index (χ1) is 14.7. The Morgan fingerprint density at radius 3 is 2.53 bits per heavy atom. The molecule has 4 aromatic rings. The van der Waals surface area contributed by atoms with Crippen molar-refractivity contribution in [2.75, 3.05) is 10.6 Å². The largest absolute Gasteiger partial charge is 0.367 e. The average Bonchev–Trinajstić information content (AvgIpc) is 3.21. The summed E-state index contributed by atoms with van der Waals surface area (Å²) in [5.74, 6) is 1.56. The van der Waals surface area contributed by atoms with E-state index in [9.17, 15) is 4.79 Å². The van der Waals surface area contributed by atoms with Crippen LogP contribution in [0.3, 0.4) is 0 Å². The van der Waals surface area contributed by atoms with E-state index in [0.717, 1.165) is 42.1 Å². The summed E-state index contributed by atoms with van der Waals surface area (Å²) in [6.07, 6.45) is 9.98. The summed E-state index contributed by atoms with van der Waals surface area (Å²) in [6, 6.07) is 13.3. The molecule has 0 radical (unpaired) electrons. The average molecular weight is 399 g/mol. The highest BCUT2D eigenvalue weighted by atomic mass is 16.1. The standard InChI is InChI=1S/C22H21N7O/c30-21-5-1-2-11-29(21)17-8-9-19(25-13-17)26-15-6-7-16(12-15)27-20-14-24-18-4-3-10-23-22(18)28-20/h1-5,8-11,13-16H,6-7,12H2,(H,25,26)(H,23,27,28)/t15-,16-/m0/s1. The first-order valence-corrected chi connectivity index (χ1v) is 9.99. The fraction of sp³-hybridized carbons (Fsp3) is 0.227. The van der Waals surface area contributed by atoms with Crippen LogP contribution < -0.4 is 16.2 Å². The van der Waals surface area contributed by atoms with Gasteiger partial charge in [-0.05, 0) is 49.6 Å². The van der Waals surface area contributed by atoms with Crippen LogP contribution in [0.15, 0.2) is 72.0 Å². The Balaban J connectivity index is 1.21. The second-order valence-electron chi connectivity index (χ2n) is 7.41. The van der Waals surface area contributed by atoms with Crippen molar-refractivity contribution in [2.24, 2.45) is 0 Å². The van der Waals surface area contributed by atoms with E-state index in [1.54, 1.807) is 35.4 Å². The number of hydrogen-bond acceptors (Lipinski definition) is 7. The molecule has 8 nitrogen and oxygen atoms in total. The smallest absolute Gasteiger partial charge is 0.255 e. The van der Waals surface area contributed by atoms with Crippen molar-refractivity contribution in [3.63, 3.8) is 0 Å². The van der Waals surface area contributed by atoms with Gasteiger partial charge < -0.3 is 10.6 Å². The number of rotatable bonds is 5. The minimum absolute atomic E-state index is 0.0725. The third-order valence-electron chi connectivity index (χ3n) is 5.30. The number of anilines is 2. The molecule has 2 N–H and O–H groups in total. The van der Waals surface area contributed by atoms with E-state index >= 15 is 0 Å². The van der Waals surface area contributed by atoms with E-state index in [2.05, 4.69) is 30.6 Å². The Bertz CT molecular complexity index is 1220. The normalized spacial score (nSPS) is 18.4. The third-order valence-corrected chi connectivity index (χ3v) is 5.30. The summed E-state index contributed by atoms with van der Waals surface area (Å²) in [5.41, 5.74) is 2.12. The van der Waals surface area contributed by atoms with Gasteiger partial charge in [0.05, 0.1) is 18.1 Å². The van der Waals surface area contributed by atoms with Gasteiger partial charge in [0.15, 0.2) is 5.65 Å². The zero-order valence-electron chi connectivity index (χ0n) is 16.3. The molecule has 0 amide bonds. The molecule has 1 fully saturated rings. The van der Waals surface area contributed by atoms with Crippen LogP contribution in [0.2, 0.25) is 0 Å². The SMILES string of the molecule is O=c1ccccn1-c1ccc(N[C@H]2CC[C@H](Nc3cnc4cccnc4n3)C2)nc1. The topological polar surface area (TPSA) is 97.6 Å². The van der Waals surface area contributed by atoms with Gasteiger partial charge in [0.25, 0.3) is 5.56 Å². The monoisotopic (exact) mass is 399 g/mol. The highest BCUT2D eigenvalue weighted by molar-refractivity contribution is 5.70. The highest BCUT2D eigenvalue weighted by Gasteiger charge is 2.25. The molecule has 4 heterocycles. The molecule has 1 aliphatic rings. The summed E-state index contributed by atoms with van der Waals surface area (Å²) in [5, 5.41) is 6.97. The van der Waals surface area contributed by atoms with Gasteiger partial charge in [-0.15, -0.1) is 0 Å². The van der Waals surface area contributed by atoms with Crippen LogP contribution in [-0.2, 0) is 0 Å². The highest BCUT2D eigenvalue weighted by Crippen LogP contribution is 2.25. The van der Waals surface area contributed by atoms with Crippen LogP contribution >= 0.6 is 0 Å². The minimum atomic E-state index is -0.0725. The maximum atomic E-state index is 11.9. The maximum absolute atomic E-state index is 11.9. The van der Waals surface area contributed by atoms with E-state index in [4.69, 9.17) is 0 Å². The van der Waals surface area contributed by atoms with Crippen molar-refractivity contribution >= 4 is 22.8 Å². The van der Waals surface area contributed by atoms with Gasteiger partial charge >= 0.3 is 0 Å². The van der Waals surface area contributed by atoms with E-state index < -0.39 is 0 Å². The predicted molar refractivity (Wildman–Crippen MR) is 116 cm³/mol. The molecule has 0 spiro atoms. The molecule has 1 aliphatic carbocycles. The fourth-order valence-corrected chi connectivity index (χ4v) is 3.84. The Kier molecular flexibility index (Phi) is 4.80. The molecular weight excluding hydrogens is 378 g/mol. The lowest BCUT2D eigenvalue weighted by Crippen LogP contribution is -2.22. The fourth-order valence-electron chi connectivity index (χ4n) is 3.84. The van der Waals surface area contributed by atoms with Crippen molar-refractivity contribution in [2.45, 2.75) is 31.3 Å². The van der Waals surface area contributed by atoms with Gasteiger partial charge in [-0.3, -0.25) is 9.36 Å². The third kappa shape index (κ3) is 3.84. The van der Waals surface area contributed by atoms with E-state index in [1.807, 2.05) is 30.3 Å². The number of aromatic nitrogens is 5. The van der Waals surface area contributed by atoms with E-state index in [1.165, 1.54) is 6.07 Å². The summed E-state index contributed by atoms with van der Waals surface area (Å²) >= 11 is 0. The molecule has 4 aromatic heterocycles. The summed E-state index contributed by atoms with van der Waals surface area (Å²) in [6.45, 7) is 0. The van der Waals surface area contributed by atoms with Crippen LogP contribution in [0.5, 0.6) is 0 Å². The van der Waals surface area contributed by atoms with E-state index in [0.29, 0.717) is 17.7 Å². The predicted octanol–water partition coefficient (Wildman–Crippen LogP) is 3.02. The molecule has 5 rings (SSSR count). The van der Waals surface area contributed by atoms with Gasteiger partial charge in [0.1, 0.15) is 17.2 Å². The van der Waals surface area contributed by atoms with E-state index in [-0.39, 0.29) is 5.56 Å².